The second kappa shape index (κ2) is 2.84. The van der Waals surface area contributed by atoms with Crippen LogP contribution in [-0.2, 0) is 0 Å². The van der Waals surface area contributed by atoms with Crippen LogP contribution in [0.2, 0.25) is 0 Å². The number of benzene rings is 1. The third-order valence-electron chi connectivity index (χ3n) is 2.33. The number of hydrogen-bond acceptors (Lipinski definition) is 2. The lowest BCUT2D eigenvalue weighted by atomic mass is 9.82. The molecule has 2 heteroatoms. The molecule has 0 saturated carbocycles. The van der Waals surface area contributed by atoms with Crippen molar-refractivity contribution in [3.63, 3.8) is 0 Å². The Morgan fingerprint density at radius 1 is 1.43 bits per heavy atom. The number of ketones is 1. The molecule has 4 radical (unpaired) electrons. The molecule has 1 aliphatic rings. The molecule has 1 aromatic carbocycles. The Hall–Kier alpha value is -1.31. The van der Waals surface area contributed by atoms with Crippen LogP contribution in [0, 0.1) is 26.2 Å². The first-order valence-electron chi connectivity index (χ1n) is 4.37. The maximum Gasteiger partial charge on any atom is 0.176 e. The van der Waals surface area contributed by atoms with Crippen molar-refractivity contribution in [1.82, 2.24) is 0 Å². The van der Waals surface area contributed by atoms with Crippen molar-refractivity contribution in [3.05, 3.63) is 43.2 Å². The van der Waals surface area contributed by atoms with Crippen molar-refractivity contribution in [2.24, 2.45) is 5.41 Å². The highest BCUT2D eigenvalue weighted by Gasteiger charge is 2.36. The molecule has 0 spiro atoms. The van der Waals surface area contributed by atoms with E-state index in [-0.39, 0.29) is 12.4 Å². The molecule has 0 amide bonds. The average Bonchev–Trinajstić information content (AvgIpc) is 2.13. The zero-order chi connectivity index (χ0) is 10.3. The first kappa shape index (κ1) is 9.25. The van der Waals surface area contributed by atoms with E-state index in [0.717, 1.165) is 5.56 Å². The minimum Gasteiger partial charge on any atom is -0.491 e. The van der Waals surface area contributed by atoms with Crippen LogP contribution in [0.1, 0.15) is 15.9 Å². The highest BCUT2D eigenvalue weighted by atomic mass is 16.5. The molecule has 0 saturated heterocycles. The Morgan fingerprint density at radius 3 is 2.86 bits per heavy atom. The number of ether oxygens (including phenoxy) is 1. The molecule has 0 bridgehead atoms. The SMILES string of the molecule is [CH]C1([CH])COc2c(C)cccc2C1=O. The summed E-state index contributed by atoms with van der Waals surface area (Å²) in [5, 5.41) is 0. The topological polar surface area (TPSA) is 26.3 Å². The molecule has 1 heterocycles. The summed E-state index contributed by atoms with van der Waals surface area (Å²) in [6.45, 7) is 13.1. The van der Waals surface area contributed by atoms with Crippen LogP contribution in [0.15, 0.2) is 18.2 Å². The largest absolute Gasteiger partial charge is 0.491 e. The van der Waals surface area contributed by atoms with E-state index >= 15 is 0 Å². The van der Waals surface area contributed by atoms with E-state index < -0.39 is 5.41 Å². The van der Waals surface area contributed by atoms with Crippen LogP contribution in [0.25, 0.3) is 0 Å². The van der Waals surface area contributed by atoms with E-state index in [0.29, 0.717) is 11.3 Å². The zero-order valence-electron chi connectivity index (χ0n) is 7.91. The fourth-order valence-electron chi connectivity index (χ4n) is 1.53. The predicted molar refractivity (Wildman–Crippen MR) is 52.0 cm³/mol. The van der Waals surface area contributed by atoms with Gasteiger partial charge in [0.15, 0.2) is 5.78 Å². The van der Waals surface area contributed by atoms with Crippen molar-refractivity contribution in [2.45, 2.75) is 6.92 Å². The predicted octanol–water partition coefficient (Wildman–Crippen LogP) is 1.98. The van der Waals surface area contributed by atoms with Gasteiger partial charge in [0.2, 0.25) is 0 Å². The van der Waals surface area contributed by atoms with Gasteiger partial charge in [0.05, 0.1) is 11.0 Å². The summed E-state index contributed by atoms with van der Waals surface area (Å²) in [5.74, 6) is 0.339. The summed E-state index contributed by atoms with van der Waals surface area (Å²) >= 11 is 0. The van der Waals surface area contributed by atoms with E-state index in [1.165, 1.54) is 0 Å². The molecule has 0 unspecified atom stereocenters. The number of fused-ring (bicyclic) bond motifs is 1. The smallest absolute Gasteiger partial charge is 0.176 e. The van der Waals surface area contributed by atoms with Gasteiger partial charge in [0.25, 0.3) is 0 Å². The van der Waals surface area contributed by atoms with Crippen molar-refractivity contribution >= 4 is 5.78 Å². The molecule has 2 rings (SSSR count). The molecule has 0 aromatic heterocycles. The van der Waals surface area contributed by atoms with Crippen molar-refractivity contribution in [1.29, 1.82) is 0 Å². The number of rotatable bonds is 0. The van der Waals surface area contributed by atoms with E-state index in [1.807, 2.05) is 13.0 Å². The second-order valence-electron chi connectivity index (χ2n) is 3.61. The number of Topliss-reactive ketones (excluding diaryl/α,β-unsaturated/α-hetero) is 1. The van der Waals surface area contributed by atoms with E-state index in [1.54, 1.807) is 12.1 Å². The van der Waals surface area contributed by atoms with Crippen LogP contribution >= 0.6 is 0 Å². The fourth-order valence-corrected chi connectivity index (χ4v) is 1.53. The molecule has 0 aliphatic carbocycles. The van der Waals surface area contributed by atoms with Gasteiger partial charge in [-0.1, -0.05) is 12.1 Å². The molecule has 0 fully saturated rings. The molecule has 0 N–H and O–H groups in total. The summed E-state index contributed by atoms with van der Waals surface area (Å²) in [4.78, 5) is 11.8. The van der Waals surface area contributed by atoms with Gasteiger partial charge in [0.1, 0.15) is 12.4 Å². The highest BCUT2D eigenvalue weighted by molar-refractivity contribution is 6.05. The highest BCUT2D eigenvalue weighted by Crippen LogP contribution is 2.35. The summed E-state index contributed by atoms with van der Waals surface area (Å²) in [7, 11) is 0. The van der Waals surface area contributed by atoms with Gasteiger partial charge < -0.3 is 4.74 Å². The van der Waals surface area contributed by atoms with Crippen LogP contribution in [-0.4, -0.2) is 12.4 Å². The molecule has 14 heavy (non-hydrogen) atoms. The van der Waals surface area contributed by atoms with Gasteiger partial charge in [0, 0.05) is 0 Å². The lowest BCUT2D eigenvalue weighted by Crippen LogP contribution is -2.36. The van der Waals surface area contributed by atoms with Crippen LogP contribution < -0.4 is 4.74 Å². The average molecular weight is 186 g/mol. The third kappa shape index (κ3) is 1.22. The van der Waals surface area contributed by atoms with Crippen LogP contribution in [0.5, 0.6) is 5.75 Å². The quantitative estimate of drug-likeness (QED) is 0.619. The Labute approximate surface area is 83.9 Å². The molecule has 0 atom stereocenters. The molecule has 70 valence electrons. The first-order chi connectivity index (χ1) is 6.52. The standard InChI is InChI=1S/C12H10O2/c1-8-5-4-6-9-10(8)14-7-12(2,3)11(9)13/h2-6H,7H2,1H3. The minimum absolute atomic E-state index is 0.0314. The number of carbonyl (C=O) groups is 1. The van der Waals surface area contributed by atoms with Crippen molar-refractivity contribution in [2.75, 3.05) is 6.61 Å². The molecule has 2 nitrogen and oxygen atoms in total. The van der Waals surface area contributed by atoms with E-state index in [9.17, 15) is 4.79 Å². The van der Waals surface area contributed by atoms with Gasteiger partial charge in [-0.25, -0.2) is 0 Å². The van der Waals surface area contributed by atoms with E-state index in [4.69, 9.17) is 18.6 Å². The number of hydrogen-bond donors (Lipinski definition) is 0. The molecular formula is C12H10O2. The minimum atomic E-state index is -1.39. The Bertz CT molecular complexity index is 391. The Balaban J connectivity index is 2.57. The number of para-hydroxylation sites is 1. The van der Waals surface area contributed by atoms with Gasteiger partial charge in [-0.2, -0.15) is 0 Å². The zero-order valence-corrected chi connectivity index (χ0v) is 7.91. The molecule has 1 aromatic rings. The molecular weight excluding hydrogens is 176 g/mol. The molecule has 1 aliphatic heterocycles. The van der Waals surface area contributed by atoms with Gasteiger partial charge >= 0.3 is 0 Å². The van der Waals surface area contributed by atoms with Crippen molar-refractivity contribution < 1.29 is 9.53 Å². The summed E-state index contributed by atoms with van der Waals surface area (Å²) in [6, 6.07) is 5.35. The van der Waals surface area contributed by atoms with Gasteiger partial charge in [-0.05, 0) is 32.4 Å². The summed E-state index contributed by atoms with van der Waals surface area (Å²) in [5.41, 5.74) is 0.00782. The fraction of sp³-hybridized carbons (Fsp3) is 0.250. The van der Waals surface area contributed by atoms with Crippen molar-refractivity contribution in [3.8, 4) is 5.75 Å². The Morgan fingerprint density at radius 2 is 2.14 bits per heavy atom. The van der Waals surface area contributed by atoms with Crippen LogP contribution in [0.3, 0.4) is 0 Å². The third-order valence-corrected chi connectivity index (χ3v) is 2.33. The summed E-state index contributed by atoms with van der Waals surface area (Å²) < 4.78 is 5.37. The van der Waals surface area contributed by atoms with E-state index in [2.05, 4.69) is 0 Å². The van der Waals surface area contributed by atoms with Gasteiger partial charge in [-0.3, -0.25) is 4.79 Å². The monoisotopic (exact) mass is 186 g/mol. The number of aryl methyl sites for hydroxylation is 1. The lowest BCUT2D eigenvalue weighted by Gasteiger charge is -2.29. The maximum absolute atomic E-state index is 11.8. The van der Waals surface area contributed by atoms with Gasteiger partial charge in [-0.15, -0.1) is 0 Å². The second-order valence-corrected chi connectivity index (χ2v) is 3.61. The normalized spacial score (nSPS) is 18.6. The number of carbonyl (C=O) groups excluding carboxylic acids is 1. The first-order valence-corrected chi connectivity index (χ1v) is 4.37. The maximum atomic E-state index is 11.8. The summed E-state index contributed by atoms with van der Waals surface area (Å²) in [6.07, 6.45) is 0. The lowest BCUT2D eigenvalue weighted by molar-refractivity contribution is 0.0780. The Kier molecular flexibility index (Phi) is 1.88. The van der Waals surface area contributed by atoms with Crippen LogP contribution in [0.4, 0.5) is 0 Å².